The SMILES string of the molecule is C[C@@H](c1ccccc1)N1C(=O)/C(=C2\SC(=S)N([C@@H](C)c3ccccc3)C2=O)SC1=S. The highest BCUT2D eigenvalue weighted by molar-refractivity contribution is 8.29. The molecule has 0 saturated carbocycles. The molecule has 2 atom stereocenters. The molecule has 2 aromatic carbocycles. The Labute approximate surface area is 194 Å². The van der Waals surface area contributed by atoms with Gasteiger partial charge >= 0.3 is 0 Å². The van der Waals surface area contributed by atoms with Crippen molar-refractivity contribution in [2.75, 3.05) is 0 Å². The van der Waals surface area contributed by atoms with Crippen LogP contribution < -0.4 is 0 Å². The third-order valence-corrected chi connectivity index (χ3v) is 8.07. The van der Waals surface area contributed by atoms with Crippen LogP contribution in [0.4, 0.5) is 0 Å². The van der Waals surface area contributed by atoms with Crippen LogP contribution in [0.3, 0.4) is 0 Å². The number of thioether (sulfide) groups is 2. The van der Waals surface area contributed by atoms with Gasteiger partial charge in [-0.3, -0.25) is 19.4 Å². The van der Waals surface area contributed by atoms with E-state index in [0.717, 1.165) is 11.1 Å². The van der Waals surface area contributed by atoms with Crippen molar-refractivity contribution in [3.05, 3.63) is 81.6 Å². The summed E-state index contributed by atoms with van der Waals surface area (Å²) in [6, 6.07) is 19.0. The molecule has 2 aromatic rings. The molecule has 2 saturated heterocycles. The summed E-state index contributed by atoms with van der Waals surface area (Å²) < 4.78 is 0.903. The van der Waals surface area contributed by atoms with Gasteiger partial charge in [-0.15, -0.1) is 0 Å². The van der Waals surface area contributed by atoms with E-state index in [2.05, 4.69) is 0 Å². The predicted octanol–water partition coefficient (Wildman–Crippen LogP) is 5.44. The summed E-state index contributed by atoms with van der Waals surface area (Å²) in [5, 5.41) is 0. The van der Waals surface area contributed by atoms with E-state index in [9.17, 15) is 9.59 Å². The molecule has 2 heterocycles. The third-order valence-electron chi connectivity index (χ3n) is 5.14. The first-order chi connectivity index (χ1) is 14.4. The number of amides is 2. The number of carbonyl (C=O) groups excluding carboxylic acids is 2. The first-order valence-electron chi connectivity index (χ1n) is 9.35. The van der Waals surface area contributed by atoms with Crippen molar-refractivity contribution in [3.63, 3.8) is 0 Å². The number of nitrogens with zero attached hydrogens (tertiary/aromatic N) is 2. The fourth-order valence-electron chi connectivity index (χ4n) is 3.46. The van der Waals surface area contributed by atoms with Gasteiger partial charge in [-0.05, 0) is 25.0 Å². The summed E-state index contributed by atoms with van der Waals surface area (Å²) in [5.74, 6) is -0.483. The average molecular weight is 471 g/mol. The summed E-state index contributed by atoms with van der Waals surface area (Å²) in [6.07, 6.45) is 0. The van der Waals surface area contributed by atoms with E-state index >= 15 is 0 Å². The smallest absolute Gasteiger partial charge is 0.268 e. The molecule has 0 aromatic heterocycles. The highest BCUT2D eigenvalue weighted by Gasteiger charge is 2.44. The van der Waals surface area contributed by atoms with Crippen LogP contribution in [0.2, 0.25) is 0 Å². The maximum atomic E-state index is 13.2. The predicted molar refractivity (Wildman–Crippen MR) is 131 cm³/mol. The molecule has 0 spiro atoms. The van der Waals surface area contributed by atoms with E-state index in [1.165, 1.54) is 23.5 Å². The molecular weight excluding hydrogens is 453 g/mol. The summed E-state index contributed by atoms with van der Waals surface area (Å²) in [6.45, 7) is 3.87. The lowest BCUT2D eigenvalue weighted by Gasteiger charge is -2.24. The topological polar surface area (TPSA) is 40.6 Å². The van der Waals surface area contributed by atoms with Gasteiger partial charge in [0.05, 0.1) is 21.9 Å². The molecular formula is C22H18N2O2S4. The van der Waals surface area contributed by atoms with E-state index < -0.39 is 0 Å². The van der Waals surface area contributed by atoms with Crippen molar-refractivity contribution in [2.24, 2.45) is 0 Å². The number of hydrogen-bond acceptors (Lipinski definition) is 6. The molecule has 0 N–H and O–H groups in total. The molecule has 4 rings (SSSR count). The van der Waals surface area contributed by atoms with E-state index in [4.69, 9.17) is 24.4 Å². The van der Waals surface area contributed by atoms with E-state index in [-0.39, 0.29) is 23.9 Å². The van der Waals surface area contributed by atoms with Crippen LogP contribution in [0.5, 0.6) is 0 Å². The van der Waals surface area contributed by atoms with Crippen molar-refractivity contribution in [1.82, 2.24) is 9.80 Å². The number of benzene rings is 2. The summed E-state index contributed by atoms with van der Waals surface area (Å²) in [5.41, 5.74) is 1.97. The largest absolute Gasteiger partial charge is 0.286 e. The standard InChI is InChI=1S/C22H18N2O2S4/c1-13(15-9-5-3-6-10-15)23-19(25)17(29-21(23)27)18-20(26)24(22(28)30-18)14(2)16-11-7-4-8-12-16/h3-14H,1-2H3/b18-17+/t13-,14-/m0/s1. The van der Waals surface area contributed by atoms with E-state index in [1.807, 2.05) is 74.5 Å². The van der Waals surface area contributed by atoms with Gasteiger partial charge in [0.15, 0.2) is 0 Å². The summed E-state index contributed by atoms with van der Waals surface area (Å²) >= 11 is 13.4. The van der Waals surface area contributed by atoms with Crippen LogP contribution in [0, 0.1) is 0 Å². The van der Waals surface area contributed by atoms with Crippen molar-refractivity contribution >= 4 is 68.4 Å². The monoisotopic (exact) mass is 470 g/mol. The minimum Gasteiger partial charge on any atom is -0.286 e. The average Bonchev–Trinajstić information content (AvgIpc) is 3.22. The Kier molecular flexibility index (Phi) is 6.11. The maximum Gasteiger partial charge on any atom is 0.268 e. The molecule has 152 valence electrons. The van der Waals surface area contributed by atoms with Crippen molar-refractivity contribution < 1.29 is 9.59 Å². The fraction of sp³-hybridized carbons (Fsp3) is 0.182. The lowest BCUT2D eigenvalue weighted by molar-refractivity contribution is -0.126. The molecule has 8 heteroatoms. The quantitative estimate of drug-likeness (QED) is 0.438. The molecule has 0 unspecified atom stereocenters. The zero-order valence-electron chi connectivity index (χ0n) is 16.3. The molecule has 2 fully saturated rings. The lowest BCUT2D eigenvalue weighted by atomic mass is 10.1. The third kappa shape index (κ3) is 3.73. The first-order valence-corrected chi connectivity index (χ1v) is 11.8. The van der Waals surface area contributed by atoms with Crippen LogP contribution in [0.25, 0.3) is 0 Å². The van der Waals surface area contributed by atoms with Gasteiger partial charge in [0.1, 0.15) is 8.64 Å². The molecule has 4 nitrogen and oxygen atoms in total. The van der Waals surface area contributed by atoms with Crippen LogP contribution >= 0.6 is 48.0 Å². The molecule has 2 amide bonds. The van der Waals surface area contributed by atoms with Crippen molar-refractivity contribution in [1.29, 1.82) is 0 Å². The van der Waals surface area contributed by atoms with Crippen molar-refractivity contribution in [2.45, 2.75) is 25.9 Å². The van der Waals surface area contributed by atoms with Crippen LogP contribution in [0.15, 0.2) is 70.5 Å². The van der Waals surface area contributed by atoms with E-state index in [1.54, 1.807) is 9.80 Å². The Bertz CT molecular complexity index is 984. The molecule has 0 aliphatic carbocycles. The van der Waals surface area contributed by atoms with Gasteiger partial charge < -0.3 is 0 Å². The van der Waals surface area contributed by atoms with Gasteiger partial charge in [0, 0.05) is 0 Å². The zero-order valence-corrected chi connectivity index (χ0v) is 19.5. The maximum absolute atomic E-state index is 13.2. The Balaban J connectivity index is 1.64. The zero-order chi connectivity index (χ0) is 21.4. The Morgan fingerprint density at radius 1 is 0.667 bits per heavy atom. The van der Waals surface area contributed by atoms with Crippen LogP contribution in [-0.4, -0.2) is 30.3 Å². The second-order valence-electron chi connectivity index (χ2n) is 6.92. The Hall–Kier alpha value is -2.00. The summed E-state index contributed by atoms with van der Waals surface area (Å²) in [7, 11) is 0. The fourth-order valence-corrected chi connectivity index (χ4v) is 6.45. The van der Waals surface area contributed by atoms with Gasteiger partial charge in [-0.25, -0.2) is 0 Å². The summed E-state index contributed by atoms with van der Waals surface area (Å²) in [4.78, 5) is 30.4. The molecule has 30 heavy (non-hydrogen) atoms. The first kappa shape index (κ1) is 21.2. The van der Waals surface area contributed by atoms with Gasteiger partial charge in [-0.1, -0.05) is 109 Å². The molecule has 0 radical (unpaired) electrons. The Morgan fingerprint density at radius 3 is 1.33 bits per heavy atom. The van der Waals surface area contributed by atoms with Crippen molar-refractivity contribution in [3.8, 4) is 0 Å². The second-order valence-corrected chi connectivity index (χ2v) is 10.2. The van der Waals surface area contributed by atoms with Gasteiger partial charge in [-0.2, -0.15) is 0 Å². The van der Waals surface area contributed by atoms with E-state index in [0.29, 0.717) is 18.5 Å². The highest BCUT2D eigenvalue weighted by Crippen LogP contribution is 2.46. The molecule has 2 aliphatic rings. The molecule has 2 aliphatic heterocycles. The van der Waals surface area contributed by atoms with Crippen LogP contribution in [0.1, 0.15) is 37.1 Å². The van der Waals surface area contributed by atoms with Gasteiger partial charge in [0.2, 0.25) is 0 Å². The number of rotatable bonds is 4. The van der Waals surface area contributed by atoms with Gasteiger partial charge in [0.25, 0.3) is 11.8 Å². The lowest BCUT2D eigenvalue weighted by Crippen LogP contribution is -2.32. The normalized spacial score (nSPS) is 21.5. The second kappa shape index (κ2) is 8.63. The number of thiocarbonyl (C=S) groups is 2. The highest BCUT2D eigenvalue weighted by atomic mass is 32.2. The molecule has 0 bridgehead atoms. The number of hydrogen-bond donors (Lipinski definition) is 0. The van der Waals surface area contributed by atoms with Crippen LogP contribution in [-0.2, 0) is 9.59 Å². The Morgan fingerprint density at radius 2 is 1.00 bits per heavy atom. The minimum absolute atomic E-state index is 0.218. The minimum atomic E-state index is -0.241. The number of carbonyl (C=O) groups is 2.